The lowest BCUT2D eigenvalue weighted by molar-refractivity contribution is -0.123. The lowest BCUT2D eigenvalue weighted by Crippen LogP contribution is -2.42. The SMILES string of the molecule is CN(C)C.Cc1ccc2c(c1)CCCN2C(=O)CCc1c[nH]c2ccccc12.NC(=O)C1CCN(C(=O)c2cc3ccccc3cn2)CC1. The minimum Gasteiger partial charge on any atom is -0.369 e. The Bertz CT molecular complexity index is 1900. The average Bonchev–Trinajstić information content (AvgIpc) is 3.53. The number of benzene rings is 3. The van der Waals surface area contributed by atoms with Gasteiger partial charge in [-0.3, -0.25) is 19.4 Å². The molecule has 256 valence electrons. The summed E-state index contributed by atoms with van der Waals surface area (Å²) in [7, 11) is 6.00. The van der Waals surface area contributed by atoms with E-state index in [0.717, 1.165) is 47.8 Å². The summed E-state index contributed by atoms with van der Waals surface area (Å²) in [6.07, 6.45) is 8.47. The second kappa shape index (κ2) is 16.4. The first kappa shape index (κ1) is 35.3. The van der Waals surface area contributed by atoms with E-state index < -0.39 is 0 Å². The van der Waals surface area contributed by atoms with Crippen molar-refractivity contribution < 1.29 is 14.4 Å². The van der Waals surface area contributed by atoms with Crippen molar-refractivity contribution in [2.75, 3.05) is 45.7 Å². The lowest BCUT2D eigenvalue weighted by atomic mass is 9.96. The molecular weight excluding hydrogens is 612 g/mol. The van der Waals surface area contributed by atoms with Gasteiger partial charge in [0.1, 0.15) is 5.69 Å². The van der Waals surface area contributed by atoms with E-state index in [9.17, 15) is 14.4 Å². The van der Waals surface area contributed by atoms with Crippen molar-refractivity contribution in [1.29, 1.82) is 0 Å². The van der Waals surface area contributed by atoms with Crippen LogP contribution in [0, 0.1) is 12.8 Å². The molecule has 1 fully saturated rings. The molecule has 2 aliphatic heterocycles. The van der Waals surface area contributed by atoms with Gasteiger partial charge in [-0.25, -0.2) is 0 Å². The van der Waals surface area contributed by atoms with Crippen LogP contribution in [0.15, 0.2) is 85.2 Å². The number of fused-ring (bicyclic) bond motifs is 3. The van der Waals surface area contributed by atoms with Crippen LogP contribution in [0.3, 0.4) is 0 Å². The number of amides is 3. The fraction of sp³-hybridized carbons (Fsp3) is 0.350. The van der Waals surface area contributed by atoms with Gasteiger partial charge in [-0.05, 0) is 94.9 Å². The first-order valence-electron chi connectivity index (χ1n) is 17.1. The molecule has 3 amide bonds. The fourth-order valence-corrected chi connectivity index (χ4v) is 6.43. The zero-order valence-corrected chi connectivity index (χ0v) is 29.1. The van der Waals surface area contributed by atoms with Gasteiger partial charge >= 0.3 is 0 Å². The Morgan fingerprint density at radius 3 is 2.35 bits per heavy atom. The number of rotatable bonds is 5. The number of nitrogens with zero attached hydrogens (tertiary/aromatic N) is 4. The van der Waals surface area contributed by atoms with E-state index >= 15 is 0 Å². The Morgan fingerprint density at radius 2 is 1.61 bits per heavy atom. The van der Waals surface area contributed by atoms with Crippen molar-refractivity contribution in [3.05, 3.63) is 108 Å². The molecule has 0 unspecified atom stereocenters. The number of hydrogen-bond acceptors (Lipinski definition) is 5. The Morgan fingerprint density at radius 1 is 0.918 bits per heavy atom. The predicted molar refractivity (Wildman–Crippen MR) is 198 cm³/mol. The molecule has 7 rings (SSSR count). The molecule has 2 aromatic heterocycles. The molecular formula is C40H48N6O3. The number of aryl methyl sites for hydroxylation is 3. The van der Waals surface area contributed by atoms with E-state index in [1.165, 1.54) is 22.1 Å². The fourth-order valence-electron chi connectivity index (χ4n) is 6.43. The van der Waals surface area contributed by atoms with Gasteiger partial charge in [0.25, 0.3) is 5.91 Å². The number of nitrogens with two attached hydrogens (primary N) is 1. The zero-order valence-electron chi connectivity index (χ0n) is 29.1. The lowest BCUT2D eigenvalue weighted by Gasteiger charge is -2.30. The maximum Gasteiger partial charge on any atom is 0.272 e. The van der Waals surface area contributed by atoms with E-state index in [-0.39, 0.29) is 23.6 Å². The molecule has 9 heteroatoms. The quantitative estimate of drug-likeness (QED) is 0.235. The number of aromatic amines is 1. The number of H-pyrrole nitrogens is 1. The van der Waals surface area contributed by atoms with E-state index in [1.807, 2.05) is 79.6 Å². The van der Waals surface area contributed by atoms with Crippen LogP contribution in [-0.4, -0.2) is 78.3 Å². The number of likely N-dealkylation sites (tertiary alicyclic amines) is 1. The highest BCUT2D eigenvalue weighted by atomic mass is 16.2. The maximum atomic E-state index is 12.8. The Balaban J connectivity index is 0.000000174. The zero-order chi connectivity index (χ0) is 34.9. The summed E-state index contributed by atoms with van der Waals surface area (Å²) in [5.41, 5.74) is 11.8. The number of anilines is 1. The predicted octanol–water partition coefficient (Wildman–Crippen LogP) is 6.14. The van der Waals surface area contributed by atoms with E-state index in [4.69, 9.17) is 5.73 Å². The van der Waals surface area contributed by atoms with Crippen LogP contribution in [0.2, 0.25) is 0 Å². The summed E-state index contributed by atoms with van der Waals surface area (Å²) >= 11 is 0. The van der Waals surface area contributed by atoms with Gasteiger partial charge in [-0.1, -0.05) is 60.2 Å². The first-order chi connectivity index (χ1) is 23.6. The Labute approximate surface area is 289 Å². The van der Waals surface area contributed by atoms with Crippen LogP contribution in [0.5, 0.6) is 0 Å². The molecule has 49 heavy (non-hydrogen) atoms. The number of primary amides is 1. The summed E-state index contributed by atoms with van der Waals surface area (Å²) in [5, 5.41) is 3.24. The summed E-state index contributed by atoms with van der Waals surface area (Å²) in [4.78, 5) is 49.7. The van der Waals surface area contributed by atoms with Gasteiger partial charge in [0, 0.05) is 66.3 Å². The van der Waals surface area contributed by atoms with Gasteiger partial charge < -0.3 is 25.4 Å². The largest absolute Gasteiger partial charge is 0.369 e. The van der Waals surface area contributed by atoms with Crippen LogP contribution in [0.1, 0.15) is 52.9 Å². The van der Waals surface area contributed by atoms with Gasteiger partial charge in [0.15, 0.2) is 0 Å². The van der Waals surface area contributed by atoms with Gasteiger partial charge in [0.05, 0.1) is 0 Å². The molecule has 3 N–H and O–H groups in total. The highest BCUT2D eigenvalue weighted by molar-refractivity contribution is 5.97. The molecule has 3 aromatic carbocycles. The number of piperidine rings is 1. The normalized spacial score (nSPS) is 14.5. The standard InChI is InChI=1S/C21H22N2O.C16H17N3O2.C3H9N/c1-15-8-10-20-16(13-15)5-4-12-23(20)21(24)11-9-17-14-22-19-7-3-2-6-18(17)19;17-15(20)11-5-7-19(8-6-11)16(21)14-9-12-3-1-2-4-13(12)10-18-14;1-4(2)3/h2-3,6-8,10,13-14,22H,4-5,9,11-12H2,1H3;1-4,9-11H,5-8H2,(H2,17,20);1-3H3. The van der Waals surface area contributed by atoms with Crippen LogP contribution >= 0.6 is 0 Å². The van der Waals surface area contributed by atoms with Crippen LogP contribution in [0.25, 0.3) is 21.7 Å². The minimum atomic E-state index is -0.272. The van der Waals surface area contributed by atoms with Crippen molar-refractivity contribution in [2.45, 2.75) is 45.4 Å². The minimum absolute atomic E-state index is 0.0799. The van der Waals surface area contributed by atoms with Crippen molar-refractivity contribution in [1.82, 2.24) is 19.8 Å². The summed E-state index contributed by atoms with van der Waals surface area (Å²) in [5.74, 6) is -0.238. The van der Waals surface area contributed by atoms with E-state index in [1.54, 1.807) is 11.1 Å². The molecule has 0 radical (unpaired) electrons. The van der Waals surface area contributed by atoms with E-state index in [2.05, 4.69) is 47.2 Å². The van der Waals surface area contributed by atoms with Crippen molar-refractivity contribution in [3.63, 3.8) is 0 Å². The number of nitrogens with one attached hydrogen (secondary N) is 1. The molecule has 9 nitrogen and oxygen atoms in total. The number of carbonyl (C=O) groups is 3. The third-order valence-corrected chi connectivity index (χ3v) is 8.97. The highest BCUT2D eigenvalue weighted by Gasteiger charge is 2.27. The third-order valence-electron chi connectivity index (χ3n) is 8.97. The van der Waals surface area contributed by atoms with Crippen molar-refractivity contribution in [3.8, 4) is 0 Å². The van der Waals surface area contributed by atoms with Crippen molar-refractivity contribution in [2.24, 2.45) is 11.7 Å². The Kier molecular flexibility index (Phi) is 11.8. The molecule has 0 saturated carbocycles. The number of hydrogen-bond donors (Lipinski definition) is 2. The molecule has 2 aliphatic rings. The number of pyridine rings is 1. The molecule has 1 saturated heterocycles. The van der Waals surface area contributed by atoms with Gasteiger partial charge in [-0.2, -0.15) is 0 Å². The second-order valence-corrected chi connectivity index (χ2v) is 13.4. The molecule has 0 bridgehead atoms. The summed E-state index contributed by atoms with van der Waals surface area (Å²) in [6.45, 7) is 4.06. The Hall–Kier alpha value is -5.02. The molecule has 0 aliphatic carbocycles. The summed E-state index contributed by atoms with van der Waals surface area (Å²) < 4.78 is 0. The smallest absolute Gasteiger partial charge is 0.272 e. The highest BCUT2D eigenvalue weighted by Crippen LogP contribution is 2.29. The summed E-state index contributed by atoms with van der Waals surface area (Å²) in [6, 6.07) is 24.3. The second-order valence-electron chi connectivity index (χ2n) is 13.4. The van der Waals surface area contributed by atoms with Crippen LogP contribution < -0.4 is 10.6 Å². The number of carbonyl (C=O) groups excluding carboxylic acids is 3. The molecule has 5 aromatic rings. The molecule has 4 heterocycles. The van der Waals surface area contributed by atoms with Gasteiger partial charge in [0.2, 0.25) is 11.8 Å². The molecule has 0 atom stereocenters. The third kappa shape index (κ3) is 9.12. The number of para-hydroxylation sites is 1. The monoisotopic (exact) mass is 660 g/mol. The maximum absolute atomic E-state index is 12.8. The van der Waals surface area contributed by atoms with Gasteiger partial charge in [-0.15, -0.1) is 0 Å². The number of aromatic nitrogens is 2. The van der Waals surface area contributed by atoms with E-state index in [0.29, 0.717) is 38.0 Å². The topological polar surface area (TPSA) is 116 Å². The van der Waals surface area contributed by atoms with Crippen LogP contribution in [-0.2, 0) is 22.4 Å². The first-order valence-corrected chi connectivity index (χ1v) is 17.1. The van der Waals surface area contributed by atoms with Crippen LogP contribution in [0.4, 0.5) is 5.69 Å². The van der Waals surface area contributed by atoms with Crippen molar-refractivity contribution >= 4 is 45.1 Å². The molecule has 0 spiro atoms. The average molecular weight is 661 g/mol.